The van der Waals surface area contributed by atoms with Gasteiger partial charge < -0.3 is 10.9 Å². The van der Waals surface area contributed by atoms with E-state index in [1.807, 2.05) is 0 Å². The van der Waals surface area contributed by atoms with E-state index in [2.05, 4.69) is 24.4 Å². The summed E-state index contributed by atoms with van der Waals surface area (Å²) in [7, 11) is -3.80. The summed E-state index contributed by atoms with van der Waals surface area (Å²) >= 11 is 3.75. The smallest absolute Gasteiger partial charge is 0.265 e. The Morgan fingerprint density at radius 3 is 2.07 bits per heavy atom. The zero-order valence-electron chi connectivity index (χ0n) is 8.58. The molecule has 0 aliphatic rings. The average molecular weight is 256 g/mol. The lowest BCUT2D eigenvalue weighted by Gasteiger charge is -1.96. The van der Waals surface area contributed by atoms with Crippen LogP contribution in [0.5, 0.6) is 0 Å². The molecule has 0 aliphatic carbocycles. The highest BCUT2D eigenvalue weighted by Crippen LogP contribution is 1.95. The molecular weight excluding hydrogens is 240 g/mol. The van der Waals surface area contributed by atoms with Crippen LogP contribution in [0.4, 0.5) is 0 Å². The van der Waals surface area contributed by atoms with Crippen molar-refractivity contribution in [3.05, 3.63) is 12.2 Å². The second-order valence-electron chi connectivity index (χ2n) is 2.86. The molecule has 0 aromatic carbocycles. The predicted octanol–water partition coefficient (Wildman–Crippen LogP) is 0.501. The van der Waals surface area contributed by atoms with Gasteiger partial charge in [0.1, 0.15) is 0 Å². The van der Waals surface area contributed by atoms with Gasteiger partial charge in [0.05, 0.1) is 5.75 Å². The van der Waals surface area contributed by atoms with Crippen molar-refractivity contribution < 1.29 is 18.2 Å². The molecule has 8 heteroatoms. The van der Waals surface area contributed by atoms with E-state index in [0.29, 0.717) is 5.57 Å². The molecule has 0 rings (SSSR count). The predicted molar refractivity (Wildman–Crippen MR) is 63.1 cm³/mol. The number of hydrogen-bond donors (Lipinski definition) is 4. The normalized spacial score (nSPS) is 13.7. The first-order valence-electron chi connectivity index (χ1n) is 3.86. The van der Waals surface area contributed by atoms with Crippen molar-refractivity contribution in [2.24, 2.45) is 10.9 Å². The maximum atomic E-state index is 9.95. The van der Waals surface area contributed by atoms with Crippen LogP contribution in [0.2, 0.25) is 0 Å². The first-order chi connectivity index (χ1) is 6.60. The van der Waals surface area contributed by atoms with Gasteiger partial charge in [-0.2, -0.15) is 21.0 Å². The van der Waals surface area contributed by atoms with Crippen LogP contribution in [0.1, 0.15) is 13.8 Å². The summed E-state index contributed by atoms with van der Waals surface area (Å²) < 4.78 is 28.0. The quantitative estimate of drug-likeness (QED) is 0.147. The van der Waals surface area contributed by atoms with Crippen LogP contribution >= 0.6 is 12.6 Å². The van der Waals surface area contributed by atoms with E-state index in [1.54, 1.807) is 13.8 Å². The van der Waals surface area contributed by atoms with Gasteiger partial charge in [-0.15, -0.1) is 0 Å². The standard InChI is InChI=1S/C4H8N2O.C3H8O3S2/c1-3(2)4(5)6-7;1-3(7)2-8(4,5)6/h7H,1H2,2H3,(H2,5,6);3,7H,2H2,1H3,(H,4,5,6). The van der Waals surface area contributed by atoms with Crippen LogP contribution in [-0.2, 0) is 10.1 Å². The van der Waals surface area contributed by atoms with E-state index in [4.69, 9.17) is 15.5 Å². The Bertz CT molecular complexity index is 322. The lowest BCUT2D eigenvalue weighted by atomic mass is 10.3. The maximum absolute atomic E-state index is 9.95. The summed E-state index contributed by atoms with van der Waals surface area (Å²) in [5, 5.41) is 10.3. The van der Waals surface area contributed by atoms with Crippen LogP contribution in [0.25, 0.3) is 0 Å². The minimum Gasteiger partial charge on any atom is -0.409 e. The van der Waals surface area contributed by atoms with Gasteiger partial charge in [-0.05, 0) is 12.5 Å². The zero-order valence-corrected chi connectivity index (χ0v) is 10.3. The molecule has 0 aromatic rings. The number of rotatable bonds is 3. The lowest BCUT2D eigenvalue weighted by molar-refractivity contribution is 0.318. The van der Waals surface area contributed by atoms with E-state index in [1.165, 1.54) is 0 Å². The third-order valence-corrected chi connectivity index (χ3v) is 2.35. The minimum atomic E-state index is -3.80. The fraction of sp³-hybridized carbons (Fsp3) is 0.571. The van der Waals surface area contributed by atoms with Crippen molar-refractivity contribution in [2.45, 2.75) is 19.1 Å². The van der Waals surface area contributed by atoms with Gasteiger partial charge in [0, 0.05) is 5.25 Å². The number of thiol groups is 1. The second-order valence-corrected chi connectivity index (χ2v) is 5.24. The van der Waals surface area contributed by atoms with Crippen molar-refractivity contribution in [3.8, 4) is 0 Å². The molecule has 1 unspecified atom stereocenters. The highest BCUT2D eigenvalue weighted by atomic mass is 32.2. The Morgan fingerprint density at radius 1 is 1.67 bits per heavy atom. The van der Waals surface area contributed by atoms with Gasteiger partial charge in [0.25, 0.3) is 10.1 Å². The minimum absolute atomic E-state index is 0.0833. The third kappa shape index (κ3) is 16.0. The van der Waals surface area contributed by atoms with Crippen LogP contribution in [0.3, 0.4) is 0 Å². The molecular formula is C7H16N2O4S2. The fourth-order valence-corrected chi connectivity index (χ4v) is 1.56. The number of amidine groups is 1. The number of oxime groups is 1. The van der Waals surface area contributed by atoms with Crippen molar-refractivity contribution in [3.63, 3.8) is 0 Å². The van der Waals surface area contributed by atoms with E-state index in [-0.39, 0.29) is 16.8 Å². The molecule has 0 saturated heterocycles. The largest absolute Gasteiger partial charge is 0.409 e. The van der Waals surface area contributed by atoms with E-state index < -0.39 is 10.1 Å². The van der Waals surface area contributed by atoms with Crippen LogP contribution in [0.15, 0.2) is 17.3 Å². The molecule has 0 radical (unpaired) electrons. The van der Waals surface area contributed by atoms with Crippen molar-refractivity contribution in [2.75, 3.05) is 5.75 Å². The van der Waals surface area contributed by atoms with Crippen LogP contribution < -0.4 is 5.73 Å². The summed E-state index contributed by atoms with van der Waals surface area (Å²) in [6.45, 7) is 6.67. The summed E-state index contributed by atoms with van der Waals surface area (Å²) in [4.78, 5) is 0. The van der Waals surface area contributed by atoms with Crippen molar-refractivity contribution in [1.82, 2.24) is 0 Å². The molecule has 0 spiro atoms. The van der Waals surface area contributed by atoms with Crippen molar-refractivity contribution in [1.29, 1.82) is 0 Å². The van der Waals surface area contributed by atoms with Gasteiger partial charge in [0.15, 0.2) is 5.84 Å². The first kappa shape index (κ1) is 16.7. The monoisotopic (exact) mass is 256 g/mol. The van der Waals surface area contributed by atoms with E-state index >= 15 is 0 Å². The molecule has 1 atom stereocenters. The van der Waals surface area contributed by atoms with Gasteiger partial charge in [-0.3, -0.25) is 4.55 Å². The molecule has 90 valence electrons. The highest BCUT2D eigenvalue weighted by molar-refractivity contribution is 7.88. The Morgan fingerprint density at radius 2 is 2.07 bits per heavy atom. The molecule has 0 aromatic heterocycles. The summed E-state index contributed by atoms with van der Waals surface area (Å²) in [5.74, 6) is -0.198. The second kappa shape index (κ2) is 7.55. The summed E-state index contributed by atoms with van der Waals surface area (Å²) in [6.07, 6.45) is 0. The molecule has 0 heterocycles. The van der Waals surface area contributed by atoms with Gasteiger partial charge in [-0.1, -0.05) is 18.7 Å². The van der Waals surface area contributed by atoms with Crippen LogP contribution in [0, 0.1) is 0 Å². The summed E-state index contributed by atoms with van der Waals surface area (Å²) in [5.41, 5.74) is 5.59. The first-order valence-corrected chi connectivity index (χ1v) is 5.99. The molecule has 0 amide bonds. The molecule has 0 saturated carbocycles. The van der Waals surface area contributed by atoms with Gasteiger partial charge in [-0.25, -0.2) is 0 Å². The average Bonchev–Trinajstić information content (AvgIpc) is 1.99. The fourth-order valence-electron chi connectivity index (χ4n) is 0.390. The maximum Gasteiger partial charge on any atom is 0.265 e. The Hall–Kier alpha value is -0.730. The molecule has 0 fully saturated rings. The molecule has 0 aliphatic heterocycles. The number of hydrogen-bond acceptors (Lipinski definition) is 5. The zero-order chi connectivity index (χ0) is 12.6. The highest BCUT2D eigenvalue weighted by Gasteiger charge is 2.06. The lowest BCUT2D eigenvalue weighted by Crippen LogP contribution is -2.11. The Balaban J connectivity index is 0. The Labute approximate surface area is 95.0 Å². The molecule has 15 heavy (non-hydrogen) atoms. The molecule has 4 N–H and O–H groups in total. The SMILES string of the molecule is C=C(C)C(N)=NO.CC(S)CS(=O)(=O)O. The number of nitrogens with two attached hydrogens (primary N) is 1. The van der Waals surface area contributed by atoms with Gasteiger partial charge in [0.2, 0.25) is 0 Å². The van der Waals surface area contributed by atoms with E-state index in [9.17, 15) is 8.42 Å². The van der Waals surface area contributed by atoms with Gasteiger partial charge >= 0.3 is 0 Å². The Kier molecular flexibility index (Phi) is 8.40. The van der Waals surface area contributed by atoms with Crippen LogP contribution in [-0.4, -0.2) is 35.0 Å². The number of nitrogens with zero attached hydrogens (tertiary/aromatic N) is 1. The topological polar surface area (TPSA) is 113 Å². The van der Waals surface area contributed by atoms with E-state index in [0.717, 1.165) is 0 Å². The third-order valence-electron chi connectivity index (χ3n) is 0.997. The van der Waals surface area contributed by atoms with Crippen molar-refractivity contribution >= 4 is 28.6 Å². The molecule has 6 nitrogen and oxygen atoms in total. The summed E-state index contributed by atoms with van der Waals surface area (Å²) in [6, 6.07) is 0. The molecule has 0 bridgehead atoms.